The number of benzene rings is 2. The quantitative estimate of drug-likeness (QED) is 0.520. The van der Waals surface area contributed by atoms with Gasteiger partial charge in [0, 0.05) is 18.1 Å². The summed E-state index contributed by atoms with van der Waals surface area (Å²) in [6, 6.07) is 14.5. The molecule has 1 aromatic heterocycles. The highest BCUT2D eigenvalue weighted by Crippen LogP contribution is 2.37. The van der Waals surface area contributed by atoms with E-state index in [0.717, 1.165) is 23.5 Å². The van der Waals surface area contributed by atoms with E-state index in [0.29, 0.717) is 13.2 Å². The molecule has 1 fully saturated rings. The molecule has 6 nitrogen and oxygen atoms in total. The Kier molecular flexibility index (Phi) is 6.54. The van der Waals surface area contributed by atoms with E-state index in [2.05, 4.69) is 75.4 Å². The summed E-state index contributed by atoms with van der Waals surface area (Å²) in [5, 5.41) is 7.41. The van der Waals surface area contributed by atoms with E-state index in [-0.39, 0.29) is 22.7 Å². The Morgan fingerprint density at radius 3 is 2.50 bits per heavy atom. The molecule has 4 rings (SSSR count). The summed E-state index contributed by atoms with van der Waals surface area (Å²) in [5.41, 5.74) is 5.27. The third kappa shape index (κ3) is 5.02. The minimum absolute atomic E-state index is 0.0311. The number of rotatable bonds is 7. The number of ether oxygens (including phenoxy) is 2. The van der Waals surface area contributed by atoms with E-state index in [1.165, 1.54) is 16.7 Å². The molecule has 0 atom stereocenters. The fraction of sp³-hybridized carbons (Fsp3) is 0.429. The molecule has 1 N–H and O–H groups in total. The first-order valence-electron chi connectivity index (χ1n) is 11.8. The van der Waals surface area contributed by atoms with Crippen molar-refractivity contribution in [3.8, 4) is 11.4 Å². The van der Waals surface area contributed by atoms with Crippen molar-refractivity contribution in [2.24, 2.45) is 5.92 Å². The molecule has 2 aromatic carbocycles. The maximum absolute atomic E-state index is 12.4. The summed E-state index contributed by atoms with van der Waals surface area (Å²) in [7, 11) is 1.69. The van der Waals surface area contributed by atoms with Gasteiger partial charge < -0.3 is 14.8 Å². The molecule has 1 saturated heterocycles. The van der Waals surface area contributed by atoms with Crippen LogP contribution < -0.4 is 10.1 Å². The van der Waals surface area contributed by atoms with E-state index in [1.54, 1.807) is 13.3 Å². The van der Waals surface area contributed by atoms with Gasteiger partial charge >= 0.3 is 0 Å². The molecule has 0 radical (unpaired) electrons. The van der Waals surface area contributed by atoms with Crippen LogP contribution in [0.5, 0.6) is 5.75 Å². The molecule has 0 spiro atoms. The predicted molar refractivity (Wildman–Crippen MR) is 135 cm³/mol. The molecule has 0 aliphatic carbocycles. The van der Waals surface area contributed by atoms with E-state index < -0.39 is 0 Å². The Labute approximate surface area is 202 Å². The Bertz CT molecular complexity index is 1160. The number of aromatic nitrogens is 2. The largest absolute Gasteiger partial charge is 0.494 e. The minimum Gasteiger partial charge on any atom is -0.494 e. The third-order valence-electron chi connectivity index (χ3n) is 6.54. The van der Waals surface area contributed by atoms with Crippen molar-refractivity contribution in [2.45, 2.75) is 51.9 Å². The summed E-state index contributed by atoms with van der Waals surface area (Å²) in [4.78, 5) is 12.4. The predicted octanol–water partition coefficient (Wildman–Crippen LogP) is 5.28. The fourth-order valence-electron chi connectivity index (χ4n) is 4.42. The van der Waals surface area contributed by atoms with Crippen LogP contribution in [0, 0.1) is 5.92 Å². The number of carbonyl (C=O) groups is 1. The smallest absolute Gasteiger partial charge is 0.232 e. The Morgan fingerprint density at radius 2 is 1.91 bits per heavy atom. The zero-order valence-corrected chi connectivity index (χ0v) is 21.0. The van der Waals surface area contributed by atoms with Gasteiger partial charge in [0.15, 0.2) is 0 Å². The van der Waals surface area contributed by atoms with Gasteiger partial charge in [-0.2, -0.15) is 5.10 Å². The molecule has 1 amide bonds. The number of nitrogens with one attached hydrogen (secondary N) is 1. The van der Waals surface area contributed by atoms with Crippen molar-refractivity contribution in [3.05, 3.63) is 71.5 Å². The second-order valence-corrected chi connectivity index (χ2v) is 10.7. The molecule has 0 unspecified atom stereocenters. The van der Waals surface area contributed by atoms with Crippen molar-refractivity contribution in [1.82, 2.24) is 9.78 Å². The molecule has 6 heteroatoms. The van der Waals surface area contributed by atoms with Crippen LogP contribution >= 0.6 is 0 Å². The number of nitrogens with zero attached hydrogens (tertiary/aromatic N) is 2. The van der Waals surface area contributed by atoms with Gasteiger partial charge in [0.05, 0.1) is 26.2 Å². The molecule has 0 bridgehead atoms. The second kappa shape index (κ2) is 9.26. The number of hydrogen-bond acceptors (Lipinski definition) is 4. The molecule has 0 saturated carbocycles. The first-order valence-corrected chi connectivity index (χ1v) is 11.8. The standard InChI is InChI=1S/C28H35N3O3/c1-27(2,3)23-15-22(30-26(32)20-17-34-18-20)10-8-19(23)16-28(4,5)21-9-11-24(25(14-21)33-6)31-13-7-12-29-31/h7-15,20H,16-18H2,1-6H3,(H,30,32). The van der Waals surface area contributed by atoms with Gasteiger partial charge in [-0.05, 0) is 64.3 Å². The Balaban J connectivity index is 1.62. The van der Waals surface area contributed by atoms with Crippen LogP contribution in [0.4, 0.5) is 5.69 Å². The van der Waals surface area contributed by atoms with E-state index in [9.17, 15) is 4.79 Å². The summed E-state index contributed by atoms with van der Waals surface area (Å²) >= 11 is 0. The Hall–Kier alpha value is -3.12. The zero-order chi connectivity index (χ0) is 24.5. The van der Waals surface area contributed by atoms with Gasteiger partial charge in [-0.15, -0.1) is 0 Å². The topological polar surface area (TPSA) is 65.4 Å². The van der Waals surface area contributed by atoms with Gasteiger partial charge in [-0.3, -0.25) is 4.79 Å². The maximum Gasteiger partial charge on any atom is 0.232 e. The summed E-state index contributed by atoms with van der Waals surface area (Å²) in [6.07, 6.45) is 4.53. The number of carbonyl (C=O) groups excluding carboxylic acids is 1. The van der Waals surface area contributed by atoms with Crippen molar-refractivity contribution in [3.63, 3.8) is 0 Å². The van der Waals surface area contributed by atoms with Crippen LogP contribution in [-0.4, -0.2) is 36.0 Å². The van der Waals surface area contributed by atoms with Gasteiger partial charge in [0.1, 0.15) is 11.4 Å². The molecular weight excluding hydrogens is 426 g/mol. The van der Waals surface area contributed by atoms with Gasteiger partial charge in [0.2, 0.25) is 5.91 Å². The van der Waals surface area contributed by atoms with Crippen LogP contribution in [-0.2, 0) is 26.8 Å². The second-order valence-electron chi connectivity index (χ2n) is 10.7. The maximum atomic E-state index is 12.4. The van der Waals surface area contributed by atoms with Gasteiger partial charge in [-0.1, -0.05) is 46.8 Å². The van der Waals surface area contributed by atoms with Gasteiger partial charge in [-0.25, -0.2) is 4.68 Å². The van der Waals surface area contributed by atoms with E-state index in [1.807, 2.05) is 23.0 Å². The first kappa shape index (κ1) is 24.0. The number of anilines is 1. The molecule has 1 aliphatic rings. The monoisotopic (exact) mass is 461 g/mol. The van der Waals surface area contributed by atoms with Crippen molar-refractivity contribution in [2.75, 3.05) is 25.6 Å². The fourth-order valence-corrected chi connectivity index (χ4v) is 4.42. The van der Waals surface area contributed by atoms with E-state index in [4.69, 9.17) is 9.47 Å². The highest BCUT2D eigenvalue weighted by Gasteiger charge is 2.29. The van der Waals surface area contributed by atoms with Crippen molar-refractivity contribution >= 4 is 11.6 Å². The third-order valence-corrected chi connectivity index (χ3v) is 6.54. The van der Waals surface area contributed by atoms with Crippen molar-refractivity contribution in [1.29, 1.82) is 0 Å². The normalized spacial score (nSPS) is 14.5. The van der Waals surface area contributed by atoms with Gasteiger partial charge in [0.25, 0.3) is 0 Å². The summed E-state index contributed by atoms with van der Waals surface area (Å²) in [5.74, 6) is 0.781. The molecule has 1 aliphatic heterocycles. The lowest BCUT2D eigenvalue weighted by molar-refractivity contribution is -0.133. The number of amides is 1. The molecule has 3 aromatic rings. The lowest BCUT2D eigenvalue weighted by Crippen LogP contribution is -2.38. The average molecular weight is 462 g/mol. The lowest BCUT2D eigenvalue weighted by Gasteiger charge is -2.31. The molecule has 34 heavy (non-hydrogen) atoms. The molecular formula is C28H35N3O3. The summed E-state index contributed by atoms with van der Waals surface area (Å²) < 4.78 is 12.7. The first-order chi connectivity index (χ1) is 16.1. The van der Waals surface area contributed by atoms with Crippen molar-refractivity contribution < 1.29 is 14.3 Å². The SMILES string of the molecule is COc1cc(C(C)(C)Cc2ccc(NC(=O)C3COC3)cc2C(C)(C)C)ccc1-n1cccn1. The van der Waals surface area contributed by atoms with Crippen LogP contribution in [0.25, 0.3) is 5.69 Å². The number of methoxy groups -OCH3 is 1. The van der Waals surface area contributed by atoms with E-state index >= 15 is 0 Å². The van der Waals surface area contributed by atoms with Crippen LogP contribution in [0.1, 0.15) is 51.3 Å². The summed E-state index contributed by atoms with van der Waals surface area (Å²) in [6.45, 7) is 12.2. The van der Waals surface area contributed by atoms with Crippen LogP contribution in [0.3, 0.4) is 0 Å². The minimum atomic E-state index is -0.135. The lowest BCUT2D eigenvalue weighted by atomic mass is 9.74. The highest BCUT2D eigenvalue weighted by molar-refractivity contribution is 5.93. The zero-order valence-electron chi connectivity index (χ0n) is 21.0. The average Bonchev–Trinajstić information content (AvgIpc) is 3.26. The number of hydrogen-bond donors (Lipinski definition) is 1. The molecule has 180 valence electrons. The molecule has 2 heterocycles. The Morgan fingerprint density at radius 1 is 1.15 bits per heavy atom. The van der Waals surface area contributed by atoms with Crippen LogP contribution in [0.15, 0.2) is 54.9 Å². The van der Waals surface area contributed by atoms with Crippen LogP contribution in [0.2, 0.25) is 0 Å². The highest BCUT2D eigenvalue weighted by atomic mass is 16.5.